The number of rotatable bonds is 2. The van der Waals surface area contributed by atoms with Crippen molar-refractivity contribution in [3.63, 3.8) is 0 Å². The second-order valence-electron chi connectivity index (χ2n) is 4.57. The fraction of sp³-hybridized carbons (Fsp3) is 0.188. The fourth-order valence-electron chi connectivity index (χ4n) is 2.16. The zero-order valence-corrected chi connectivity index (χ0v) is 11.5. The molecule has 3 rings (SSSR count). The molecule has 0 fully saturated rings. The molecule has 0 unspecified atom stereocenters. The predicted molar refractivity (Wildman–Crippen MR) is 77.9 cm³/mol. The van der Waals surface area contributed by atoms with Gasteiger partial charge in [-0.2, -0.15) is 0 Å². The molecule has 0 saturated heterocycles. The molecule has 0 bridgehead atoms. The summed E-state index contributed by atoms with van der Waals surface area (Å²) in [5.74, 6) is 1.50. The molecule has 102 valence electrons. The van der Waals surface area contributed by atoms with E-state index in [9.17, 15) is 4.79 Å². The molecule has 0 N–H and O–H groups in total. The first-order chi connectivity index (χ1) is 9.78. The third-order valence-electron chi connectivity index (χ3n) is 3.20. The van der Waals surface area contributed by atoms with E-state index in [1.807, 2.05) is 24.3 Å². The van der Waals surface area contributed by atoms with Gasteiger partial charge in [0.05, 0.1) is 18.2 Å². The lowest BCUT2D eigenvalue weighted by Gasteiger charge is -2.10. The lowest BCUT2D eigenvalue weighted by atomic mass is 10.0. The number of ether oxygens (including phenoxy) is 2. The third kappa shape index (κ3) is 2.49. The van der Waals surface area contributed by atoms with E-state index in [-0.39, 0.29) is 0 Å². The summed E-state index contributed by atoms with van der Waals surface area (Å²) in [6, 6.07) is 11.2. The highest BCUT2D eigenvalue weighted by atomic mass is 35.5. The van der Waals surface area contributed by atoms with E-state index in [2.05, 4.69) is 0 Å². The summed E-state index contributed by atoms with van der Waals surface area (Å²) in [6.45, 7) is 1.32. The molecule has 2 aromatic carbocycles. The Balaban J connectivity index is 2.02. The van der Waals surface area contributed by atoms with Crippen LogP contribution in [0.25, 0.3) is 11.1 Å². The van der Waals surface area contributed by atoms with Crippen molar-refractivity contribution < 1.29 is 14.3 Å². The highest BCUT2D eigenvalue weighted by Crippen LogP contribution is 2.34. The van der Waals surface area contributed by atoms with E-state index in [1.165, 1.54) is 0 Å². The maximum absolute atomic E-state index is 11.0. The van der Waals surface area contributed by atoms with Gasteiger partial charge >= 0.3 is 0 Å². The van der Waals surface area contributed by atoms with E-state index in [0.29, 0.717) is 23.8 Å². The zero-order valence-electron chi connectivity index (χ0n) is 10.8. The SMILES string of the molecule is O=Cc1cc(-c2ccc3c(c2)OCCCO3)ccc1Cl. The molecule has 0 spiro atoms. The van der Waals surface area contributed by atoms with Crippen molar-refractivity contribution in [1.29, 1.82) is 0 Å². The van der Waals surface area contributed by atoms with Crippen LogP contribution >= 0.6 is 11.6 Å². The first-order valence-electron chi connectivity index (χ1n) is 6.43. The van der Waals surface area contributed by atoms with Crippen LogP contribution in [0.2, 0.25) is 5.02 Å². The first kappa shape index (κ1) is 13.0. The summed E-state index contributed by atoms with van der Waals surface area (Å²) in [5.41, 5.74) is 2.37. The first-order valence-corrected chi connectivity index (χ1v) is 6.80. The van der Waals surface area contributed by atoms with Gasteiger partial charge in [0.2, 0.25) is 0 Å². The average molecular weight is 289 g/mol. The summed E-state index contributed by atoms with van der Waals surface area (Å²) >= 11 is 5.94. The number of benzene rings is 2. The van der Waals surface area contributed by atoms with E-state index in [4.69, 9.17) is 21.1 Å². The van der Waals surface area contributed by atoms with Crippen molar-refractivity contribution >= 4 is 17.9 Å². The number of carbonyl (C=O) groups excluding carboxylic acids is 1. The van der Waals surface area contributed by atoms with Crippen LogP contribution in [0.5, 0.6) is 11.5 Å². The van der Waals surface area contributed by atoms with Gasteiger partial charge in [0.25, 0.3) is 0 Å². The molecular formula is C16H13ClO3. The highest BCUT2D eigenvalue weighted by Gasteiger charge is 2.12. The van der Waals surface area contributed by atoms with Crippen LogP contribution in [-0.4, -0.2) is 19.5 Å². The van der Waals surface area contributed by atoms with Crippen LogP contribution < -0.4 is 9.47 Å². The van der Waals surface area contributed by atoms with Crippen LogP contribution in [0, 0.1) is 0 Å². The van der Waals surface area contributed by atoms with Gasteiger partial charge in [-0.05, 0) is 35.4 Å². The van der Waals surface area contributed by atoms with Crippen LogP contribution in [-0.2, 0) is 0 Å². The molecule has 20 heavy (non-hydrogen) atoms. The van der Waals surface area contributed by atoms with E-state index in [0.717, 1.165) is 35.3 Å². The van der Waals surface area contributed by atoms with E-state index < -0.39 is 0 Å². The summed E-state index contributed by atoms with van der Waals surface area (Å²) in [7, 11) is 0. The molecular weight excluding hydrogens is 276 g/mol. The van der Waals surface area contributed by atoms with Crippen LogP contribution in [0.3, 0.4) is 0 Å². The lowest BCUT2D eigenvalue weighted by molar-refractivity contribution is 0.112. The van der Waals surface area contributed by atoms with Gasteiger partial charge < -0.3 is 9.47 Å². The molecule has 1 aliphatic heterocycles. The Morgan fingerprint density at radius 3 is 2.45 bits per heavy atom. The van der Waals surface area contributed by atoms with Crippen molar-refractivity contribution in [2.75, 3.05) is 13.2 Å². The molecule has 4 heteroatoms. The third-order valence-corrected chi connectivity index (χ3v) is 3.55. The van der Waals surface area contributed by atoms with Crippen molar-refractivity contribution in [3.8, 4) is 22.6 Å². The second kappa shape index (κ2) is 5.55. The Bertz CT molecular complexity index is 652. The summed E-state index contributed by atoms with van der Waals surface area (Å²) < 4.78 is 11.3. The van der Waals surface area contributed by atoms with Crippen LogP contribution in [0.4, 0.5) is 0 Å². The summed E-state index contributed by atoms with van der Waals surface area (Å²) in [5, 5.41) is 0.457. The Kier molecular flexibility index (Phi) is 3.61. The Morgan fingerprint density at radius 2 is 1.65 bits per heavy atom. The zero-order chi connectivity index (χ0) is 13.9. The number of carbonyl (C=O) groups is 1. The van der Waals surface area contributed by atoms with Gasteiger partial charge in [0.1, 0.15) is 0 Å². The predicted octanol–water partition coefficient (Wildman–Crippen LogP) is 3.98. The molecule has 0 aliphatic carbocycles. The molecule has 0 saturated carbocycles. The average Bonchev–Trinajstić information content (AvgIpc) is 2.72. The molecule has 1 aliphatic rings. The molecule has 3 nitrogen and oxygen atoms in total. The van der Waals surface area contributed by atoms with Gasteiger partial charge in [-0.15, -0.1) is 0 Å². The molecule has 2 aromatic rings. The highest BCUT2D eigenvalue weighted by molar-refractivity contribution is 6.33. The summed E-state index contributed by atoms with van der Waals surface area (Å²) in [6.07, 6.45) is 1.63. The Hall–Kier alpha value is -2.00. The van der Waals surface area contributed by atoms with E-state index in [1.54, 1.807) is 12.1 Å². The second-order valence-corrected chi connectivity index (χ2v) is 4.97. The van der Waals surface area contributed by atoms with Gasteiger partial charge in [-0.3, -0.25) is 4.79 Å². The minimum absolute atomic E-state index is 0.457. The number of hydrogen-bond donors (Lipinski definition) is 0. The molecule has 1 heterocycles. The largest absolute Gasteiger partial charge is 0.490 e. The van der Waals surface area contributed by atoms with Crippen LogP contribution in [0.1, 0.15) is 16.8 Å². The van der Waals surface area contributed by atoms with Crippen molar-refractivity contribution in [1.82, 2.24) is 0 Å². The molecule has 0 atom stereocenters. The van der Waals surface area contributed by atoms with Gasteiger partial charge in [-0.1, -0.05) is 23.7 Å². The van der Waals surface area contributed by atoms with Crippen molar-refractivity contribution in [2.45, 2.75) is 6.42 Å². The van der Waals surface area contributed by atoms with Crippen molar-refractivity contribution in [2.24, 2.45) is 0 Å². The van der Waals surface area contributed by atoms with Gasteiger partial charge in [0.15, 0.2) is 17.8 Å². The quantitative estimate of drug-likeness (QED) is 0.784. The van der Waals surface area contributed by atoms with Gasteiger partial charge in [0, 0.05) is 12.0 Å². The summed E-state index contributed by atoms with van der Waals surface area (Å²) in [4.78, 5) is 11.0. The lowest BCUT2D eigenvalue weighted by Crippen LogP contribution is -1.97. The maximum atomic E-state index is 11.0. The maximum Gasteiger partial charge on any atom is 0.161 e. The van der Waals surface area contributed by atoms with Gasteiger partial charge in [-0.25, -0.2) is 0 Å². The smallest absolute Gasteiger partial charge is 0.161 e. The number of fused-ring (bicyclic) bond motifs is 1. The Labute approximate surface area is 122 Å². The number of aldehydes is 1. The van der Waals surface area contributed by atoms with Crippen molar-refractivity contribution in [3.05, 3.63) is 47.0 Å². The number of halogens is 1. The van der Waals surface area contributed by atoms with E-state index >= 15 is 0 Å². The molecule has 0 aromatic heterocycles. The monoisotopic (exact) mass is 288 g/mol. The topological polar surface area (TPSA) is 35.5 Å². The molecule has 0 amide bonds. The standard InChI is InChI=1S/C16H13ClO3/c17-14-4-2-11(8-13(14)10-18)12-3-5-15-16(9-12)20-7-1-6-19-15/h2-5,8-10H,1,6-7H2. The normalized spacial score (nSPS) is 13.7. The fourth-order valence-corrected chi connectivity index (χ4v) is 2.32. The Morgan fingerprint density at radius 1 is 0.950 bits per heavy atom. The van der Waals surface area contributed by atoms with Crippen LogP contribution in [0.15, 0.2) is 36.4 Å². The number of hydrogen-bond acceptors (Lipinski definition) is 3. The minimum Gasteiger partial charge on any atom is -0.490 e. The molecule has 0 radical (unpaired) electrons. The minimum atomic E-state index is 0.457.